The van der Waals surface area contributed by atoms with Gasteiger partial charge in [-0.05, 0) is 30.5 Å². The van der Waals surface area contributed by atoms with Gasteiger partial charge in [-0.15, -0.1) is 0 Å². The minimum absolute atomic E-state index is 0.0271. The van der Waals surface area contributed by atoms with Crippen LogP contribution in [0.1, 0.15) is 54.1 Å². The third-order valence-corrected chi connectivity index (χ3v) is 6.10. The molecule has 4 rings (SSSR count). The number of nitrogens with two attached hydrogens (primary N) is 1. The maximum absolute atomic E-state index is 12.2. The van der Waals surface area contributed by atoms with E-state index in [1.54, 1.807) is 12.1 Å². The van der Waals surface area contributed by atoms with E-state index >= 15 is 0 Å². The van der Waals surface area contributed by atoms with E-state index in [1.807, 2.05) is 53.4 Å². The summed E-state index contributed by atoms with van der Waals surface area (Å²) in [5.74, 6) is -0.394. The number of hydrogen-bond donors (Lipinski definition) is 3. The minimum Gasteiger partial charge on any atom is -0.368 e. The highest BCUT2D eigenvalue weighted by atomic mass is 16.2. The molecule has 176 valence electrons. The molecule has 0 bridgehead atoms. The number of carbonyl (C=O) groups excluding carboxylic acids is 3. The van der Waals surface area contributed by atoms with Crippen LogP contribution in [-0.4, -0.2) is 48.8 Å². The van der Waals surface area contributed by atoms with E-state index in [0.717, 1.165) is 63.0 Å². The number of rotatable bonds is 5. The standard InChI is InChI=1S/C15H20N2O2.C11H14N2O/c16-14(18)13(11-7-3-1-4-8-11)17-15(19)12-9-5-2-6-10-12;14-11(10-4-2-1-3-5-10)13-8-6-12-7-9-13/h1,3-4,7-8,12-13H,2,5-6,9-10H2,(H2,16,18)(H,17,19);1-5,12H,6-9H2. The zero-order valence-electron chi connectivity index (χ0n) is 19.0. The highest BCUT2D eigenvalue weighted by Crippen LogP contribution is 2.24. The first-order valence-electron chi connectivity index (χ1n) is 11.8. The van der Waals surface area contributed by atoms with Crippen molar-refractivity contribution in [3.8, 4) is 0 Å². The van der Waals surface area contributed by atoms with Crippen LogP contribution >= 0.6 is 0 Å². The third kappa shape index (κ3) is 7.43. The average molecular weight is 451 g/mol. The van der Waals surface area contributed by atoms with Crippen LogP contribution in [-0.2, 0) is 9.59 Å². The molecule has 4 N–H and O–H groups in total. The highest BCUT2D eigenvalue weighted by Gasteiger charge is 2.26. The van der Waals surface area contributed by atoms with Crippen molar-refractivity contribution in [1.82, 2.24) is 15.5 Å². The number of piperazine rings is 1. The molecule has 1 unspecified atom stereocenters. The van der Waals surface area contributed by atoms with Crippen LogP contribution < -0.4 is 16.4 Å². The van der Waals surface area contributed by atoms with Crippen LogP contribution in [0.2, 0.25) is 0 Å². The van der Waals surface area contributed by atoms with Gasteiger partial charge in [-0.2, -0.15) is 0 Å². The van der Waals surface area contributed by atoms with Crippen molar-refractivity contribution < 1.29 is 14.4 Å². The number of hydrogen-bond acceptors (Lipinski definition) is 4. The molecular weight excluding hydrogens is 416 g/mol. The van der Waals surface area contributed by atoms with Gasteiger partial charge in [-0.25, -0.2) is 0 Å². The fourth-order valence-corrected chi connectivity index (χ4v) is 4.22. The second kappa shape index (κ2) is 12.7. The Hall–Kier alpha value is -3.19. The van der Waals surface area contributed by atoms with Crippen molar-refractivity contribution >= 4 is 17.7 Å². The molecule has 1 atom stereocenters. The summed E-state index contributed by atoms with van der Waals surface area (Å²) < 4.78 is 0. The summed E-state index contributed by atoms with van der Waals surface area (Å²) >= 11 is 0. The van der Waals surface area contributed by atoms with Gasteiger partial charge >= 0.3 is 0 Å². The highest BCUT2D eigenvalue weighted by molar-refractivity contribution is 5.94. The van der Waals surface area contributed by atoms with Gasteiger partial charge in [-0.1, -0.05) is 67.8 Å². The van der Waals surface area contributed by atoms with Gasteiger partial charge < -0.3 is 21.3 Å². The SMILES string of the molecule is NC(=O)C(NC(=O)C1CCCCC1)c1ccccc1.O=C(c1ccccc1)N1CCNCC1. The van der Waals surface area contributed by atoms with Crippen LogP contribution in [0.15, 0.2) is 60.7 Å². The van der Waals surface area contributed by atoms with Crippen molar-refractivity contribution in [2.45, 2.75) is 38.1 Å². The van der Waals surface area contributed by atoms with Crippen LogP contribution in [0.25, 0.3) is 0 Å². The molecule has 0 aromatic heterocycles. The summed E-state index contributed by atoms with van der Waals surface area (Å²) in [7, 11) is 0. The first-order chi connectivity index (χ1) is 16.1. The molecule has 1 saturated carbocycles. The maximum atomic E-state index is 12.2. The zero-order valence-corrected chi connectivity index (χ0v) is 19.0. The number of primary amides is 1. The lowest BCUT2D eigenvalue weighted by molar-refractivity contribution is -0.130. The molecule has 2 aromatic carbocycles. The van der Waals surface area contributed by atoms with Crippen LogP contribution in [0.5, 0.6) is 0 Å². The van der Waals surface area contributed by atoms with Gasteiger partial charge in [0.15, 0.2) is 0 Å². The number of benzene rings is 2. The maximum Gasteiger partial charge on any atom is 0.253 e. The molecule has 1 aliphatic carbocycles. The Labute approximate surface area is 195 Å². The summed E-state index contributed by atoms with van der Waals surface area (Å²) in [6.07, 6.45) is 5.19. The average Bonchev–Trinajstić information content (AvgIpc) is 2.89. The van der Waals surface area contributed by atoms with Crippen LogP contribution in [0.3, 0.4) is 0 Å². The number of nitrogens with zero attached hydrogens (tertiary/aromatic N) is 1. The van der Waals surface area contributed by atoms with Gasteiger partial charge in [0.1, 0.15) is 6.04 Å². The molecule has 7 nitrogen and oxygen atoms in total. The van der Waals surface area contributed by atoms with Crippen molar-refractivity contribution in [3.05, 3.63) is 71.8 Å². The van der Waals surface area contributed by atoms with E-state index in [1.165, 1.54) is 6.42 Å². The normalized spacial score (nSPS) is 17.3. The van der Waals surface area contributed by atoms with E-state index in [2.05, 4.69) is 10.6 Å². The largest absolute Gasteiger partial charge is 0.368 e. The molecule has 1 saturated heterocycles. The minimum atomic E-state index is -0.726. The van der Waals surface area contributed by atoms with Crippen molar-refractivity contribution in [2.24, 2.45) is 11.7 Å². The molecule has 2 fully saturated rings. The Bertz CT molecular complexity index is 892. The van der Waals surface area contributed by atoms with Crippen LogP contribution in [0, 0.1) is 5.92 Å². The van der Waals surface area contributed by atoms with Gasteiger partial charge in [0.05, 0.1) is 0 Å². The lowest BCUT2D eigenvalue weighted by Crippen LogP contribution is -2.46. The van der Waals surface area contributed by atoms with Gasteiger partial charge in [-0.3, -0.25) is 14.4 Å². The molecule has 2 aliphatic rings. The summed E-state index contributed by atoms with van der Waals surface area (Å²) in [4.78, 5) is 37.5. The van der Waals surface area contributed by atoms with E-state index < -0.39 is 11.9 Å². The number of amides is 3. The zero-order chi connectivity index (χ0) is 23.5. The van der Waals surface area contributed by atoms with E-state index in [9.17, 15) is 14.4 Å². The predicted octanol–water partition coefficient (Wildman–Crippen LogP) is 2.64. The summed E-state index contributed by atoms with van der Waals surface area (Å²) in [6, 6.07) is 17.9. The third-order valence-electron chi connectivity index (χ3n) is 6.10. The molecule has 1 aliphatic heterocycles. The Balaban J connectivity index is 0.000000194. The quantitative estimate of drug-likeness (QED) is 0.651. The summed E-state index contributed by atoms with van der Waals surface area (Å²) in [6.45, 7) is 3.43. The fourth-order valence-electron chi connectivity index (χ4n) is 4.22. The summed E-state index contributed by atoms with van der Waals surface area (Å²) in [5.41, 5.74) is 6.91. The van der Waals surface area contributed by atoms with Gasteiger partial charge in [0, 0.05) is 37.7 Å². The van der Waals surface area contributed by atoms with E-state index in [0.29, 0.717) is 0 Å². The fraction of sp³-hybridized carbons (Fsp3) is 0.423. The lowest BCUT2D eigenvalue weighted by atomic mass is 9.88. The Morgan fingerprint density at radius 3 is 2.03 bits per heavy atom. The van der Waals surface area contributed by atoms with Crippen molar-refractivity contribution in [3.63, 3.8) is 0 Å². The van der Waals surface area contributed by atoms with Gasteiger partial charge in [0.25, 0.3) is 5.91 Å². The Morgan fingerprint density at radius 1 is 0.879 bits per heavy atom. The van der Waals surface area contributed by atoms with E-state index in [-0.39, 0.29) is 17.7 Å². The van der Waals surface area contributed by atoms with Crippen molar-refractivity contribution in [2.75, 3.05) is 26.2 Å². The summed E-state index contributed by atoms with van der Waals surface area (Å²) in [5, 5.41) is 6.02. The Morgan fingerprint density at radius 2 is 1.45 bits per heavy atom. The first kappa shape index (κ1) is 24.5. The predicted molar refractivity (Wildman–Crippen MR) is 128 cm³/mol. The molecule has 3 amide bonds. The monoisotopic (exact) mass is 450 g/mol. The molecule has 0 spiro atoms. The topological polar surface area (TPSA) is 105 Å². The van der Waals surface area contributed by atoms with Gasteiger partial charge in [0.2, 0.25) is 11.8 Å². The van der Waals surface area contributed by atoms with Crippen molar-refractivity contribution in [1.29, 1.82) is 0 Å². The molecule has 7 heteroatoms. The molecule has 2 aromatic rings. The lowest BCUT2D eigenvalue weighted by Gasteiger charge is -2.27. The second-order valence-corrected chi connectivity index (χ2v) is 8.50. The van der Waals surface area contributed by atoms with Crippen LogP contribution in [0.4, 0.5) is 0 Å². The first-order valence-corrected chi connectivity index (χ1v) is 11.8. The Kier molecular flexibility index (Phi) is 9.44. The molecular formula is C26H34N4O3. The smallest absolute Gasteiger partial charge is 0.253 e. The number of nitrogens with one attached hydrogen (secondary N) is 2. The molecule has 0 radical (unpaired) electrons. The van der Waals surface area contributed by atoms with E-state index in [4.69, 9.17) is 5.73 Å². The molecule has 1 heterocycles. The second-order valence-electron chi connectivity index (χ2n) is 8.50. The number of carbonyl (C=O) groups is 3. The molecule has 33 heavy (non-hydrogen) atoms.